The normalized spacial score (nSPS) is 11.6. The topological polar surface area (TPSA) is 79.5 Å². The van der Waals surface area contributed by atoms with Crippen LogP contribution in [0.25, 0.3) is 5.65 Å². The number of guanidine groups is 1. The Labute approximate surface area is 140 Å². The molecular formula is C17H21N7. The summed E-state index contributed by atoms with van der Waals surface area (Å²) < 4.78 is 1.95. The van der Waals surface area contributed by atoms with Crippen molar-refractivity contribution in [3.63, 3.8) is 0 Å². The Bertz CT molecular complexity index is 795. The molecule has 3 rings (SSSR count). The van der Waals surface area contributed by atoms with Crippen molar-refractivity contribution >= 4 is 11.6 Å². The highest BCUT2D eigenvalue weighted by atomic mass is 15.3. The number of nitrogens with zero attached hydrogens (tertiary/aromatic N) is 5. The molecule has 0 aliphatic carbocycles. The number of hydrogen-bond donors (Lipinski definition) is 2. The van der Waals surface area contributed by atoms with E-state index in [0.29, 0.717) is 6.54 Å². The van der Waals surface area contributed by atoms with Gasteiger partial charge in [0.05, 0.1) is 0 Å². The van der Waals surface area contributed by atoms with Gasteiger partial charge in [0, 0.05) is 31.7 Å². The zero-order chi connectivity index (χ0) is 16.6. The van der Waals surface area contributed by atoms with Gasteiger partial charge in [-0.15, -0.1) is 10.2 Å². The zero-order valence-electron chi connectivity index (χ0n) is 13.7. The molecule has 0 aliphatic heterocycles. The third-order valence-corrected chi connectivity index (χ3v) is 3.54. The number of hydrogen-bond acceptors (Lipinski definition) is 4. The van der Waals surface area contributed by atoms with Crippen LogP contribution in [0.5, 0.6) is 0 Å². The molecule has 0 spiro atoms. The second-order valence-corrected chi connectivity index (χ2v) is 5.28. The lowest BCUT2D eigenvalue weighted by molar-refractivity contribution is 0.786. The molecule has 0 saturated heterocycles. The van der Waals surface area contributed by atoms with Gasteiger partial charge in [-0.3, -0.25) is 9.38 Å². The van der Waals surface area contributed by atoms with Crippen LogP contribution >= 0.6 is 0 Å². The van der Waals surface area contributed by atoms with Gasteiger partial charge in [-0.1, -0.05) is 12.1 Å². The van der Waals surface area contributed by atoms with Gasteiger partial charge in [-0.2, -0.15) is 0 Å². The molecule has 0 saturated carbocycles. The van der Waals surface area contributed by atoms with Gasteiger partial charge in [-0.05, 0) is 37.1 Å². The molecular weight excluding hydrogens is 302 g/mol. The van der Waals surface area contributed by atoms with E-state index in [1.807, 2.05) is 48.0 Å². The van der Waals surface area contributed by atoms with Crippen molar-refractivity contribution in [2.75, 3.05) is 13.1 Å². The fraction of sp³-hybridized carbons (Fsp3) is 0.294. The summed E-state index contributed by atoms with van der Waals surface area (Å²) in [6.07, 6.45) is 6.51. The summed E-state index contributed by atoms with van der Waals surface area (Å²) >= 11 is 0. The highest BCUT2D eigenvalue weighted by Crippen LogP contribution is 2.03. The van der Waals surface area contributed by atoms with Crippen molar-refractivity contribution in [1.29, 1.82) is 0 Å². The highest BCUT2D eigenvalue weighted by molar-refractivity contribution is 5.79. The summed E-state index contributed by atoms with van der Waals surface area (Å²) in [5.41, 5.74) is 2.03. The van der Waals surface area contributed by atoms with Crippen LogP contribution in [0.3, 0.4) is 0 Å². The number of fused-ring (bicyclic) bond motifs is 1. The first-order valence-corrected chi connectivity index (χ1v) is 8.06. The molecule has 3 heterocycles. The molecule has 124 valence electrons. The lowest BCUT2D eigenvalue weighted by Crippen LogP contribution is -2.38. The van der Waals surface area contributed by atoms with Gasteiger partial charge >= 0.3 is 0 Å². The molecule has 0 unspecified atom stereocenters. The average molecular weight is 323 g/mol. The van der Waals surface area contributed by atoms with Gasteiger partial charge in [0.2, 0.25) is 0 Å². The largest absolute Gasteiger partial charge is 0.357 e. The van der Waals surface area contributed by atoms with Crippen molar-refractivity contribution in [2.45, 2.75) is 19.9 Å². The van der Waals surface area contributed by atoms with Gasteiger partial charge in [0.25, 0.3) is 0 Å². The summed E-state index contributed by atoms with van der Waals surface area (Å²) in [6, 6.07) is 9.85. The highest BCUT2D eigenvalue weighted by Gasteiger charge is 2.04. The molecule has 3 aromatic heterocycles. The van der Waals surface area contributed by atoms with Crippen molar-refractivity contribution in [2.24, 2.45) is 4.99 Å². The quantitative estimate of drug-likeness (QED) is 0.530. The van der Waals surface area contributed by atoms with Crippen LogP contribution in [0, 0.1) is 0 Å². The lowest BCUT2D eigenvalue weighted by atomic mass is 10.2. The molecule has 2 N–H and O–H groups in total. The molecule has 0 amide bonds. The van der Waals surface area contributed by atoms with E-state index in [0.717, 1.165) is 36.9 Å². The summed E-state index contributed by atoms with van der Waals surface area (Å²) in [4.78, 5) is 8.72. The van der Waals surface area contributed by atoms with Crippen LogP contribution in [0.15, 0.2) is 53.9 Å². The maximum Gasteiger partial charge on any atom is 0.191 e. The van der Waals surface area contributed by atoms with Gasteiger partial charge in [0.1, 0.15) is 6.54 Å². The van der Waals surface area contributed by atoms with Crippen molar-refractivity contribution < 1.29 is 0 Å². The molecule has 0 bridgehead atoms. The Balaban J connectivity index is 1.61. The second kappa shape index (κ2) is 8.05. The van der Waals surface area contributed by atoms with Crippen LogP contribution in [-0.2, 0) is 13.0 Å². The number of nitrogens with one attached hydrogen (secondary N) is 2. The summed E-state index contributed by atoms with van der Waals surface area (Å²) in [5.74, 6) is 1.59. The zero-order valence-corrected chi connectivity index (χ0v) is 13.7. The van der Waals surface area contributed by atoms with E-state index in [9.17, 15) is 0 Å². The minimum Gasteiger partial charge on any atom is -0.357 e. The second-order valence-electron chi connectivity index (χ2n) is 5.28. The van der Waals surface area contributed by atoms with Crippen molar-refractivity contribution in [3.8, 4) is 0 Å². The third kappa shape index (κ3) is 4.07. The minimum atomic E-state index is 0.466. The van der Waals surface area contributed by atoms with Crippen LogP contribution < -0.4 is 10.6 Å². The standard InChI is InChI=1S/C17H21N7/c1-2-19-17(20-10-8-14-6-5-9-18-12-14)21-13-16-23-22-15-7-3-4-11-24(15)16/h3-7,9,11-12H,2,8,10,13H2,1H3,(H2,19,20,21). The maximum absolute atomic E-state index is 4.59. The molecule has 24 heavy (non-hydrogen) atoms. The summed E-state index contributed by atoms with van der Waals surface area (Å²) in [6.45, 7) is 4.11. The van der Waals surface area contributed by atoms with Crippen molar-refractivity contribution in [3.05, 3.63) is 60.3 Å². The predicted molar refractivity (Wildman–Crippen MR) is 93.7 cm³/mol. The molecule has 7 heteroatoms. The number of rotatable bonds is 6. The maximum atomic E-state index is 4.59. The van der Waals surface area contributed by atoms with E-state index < -0.39 is 0 Å². The first-order chi connectivity index (χ1) is 11.9. The number of aliphatic imine (C=N–C) groups is 1. The molecule has 0 atom stereocenters. The minimum absolute atomic E-state index is 0.466. The molecule has 3 aromatic rings. The third-order valence-electron chi connectivity index (χ3n) is 3.54. The molecule has 0 aliphatic rings. The monoisotopic (exact) mass is 323 g/mol. The first-order valence-electron chi connectivity index (χ1n) is 8.06. The van der Waals surface area contributed by atoms with Crippen molar-refractivity contribution in [1.82, 2.24) is 30.2 Å². The lowest BCUT2D eigenvalue weighted by Gasteiger charge is -2.11. The van der Waals surface area contributed by atoms with Crippen LogP contribution in [-0.4, -0.2) is 38.6 Å². The molecule has 0 aromatic carbocycles. The van der Waals surface area contributed by atoms with Crippen LogP contribution in [0.4, 0.5) is 0 Å². The molecule has 0 radical (unpaired) electrons. The van der Waals surface area contributed by atoms with E-state index in [2.05, 4.69) is 36.9 Å². The SMILES string of the molecule is CCNC(=NCc1nnc2ccccn12)NCCc1cccnc1. The number of aromatic nitrogens is 4. The summed E-state index contributed by atoms with van der Waals surface area (Å²) in [5, 5.41) is 14.9. The van der Waals surface area contributed by atoms with Crippen LogP contribution in [0.2, 0.25) is 0 Å². The Morgan fingerprint density at radius 1 is 1.17 bits per heavy atom. The average Bonchev–Trinajstić information content (AvgIpc) is 3.04. The van der Waals surface area contributed by atoms with E-state index in [1.54, 1.807) is 6.20 Å². The first kappa shape index (κ1) is 15.9. The van der Waals surface area contributed by atoms with E-state index in [-0.39, 0.29) is 0 Å². The molecule has 0 fully saturated rings. The van der Waals surface area contributed by atoms with Crippen LogP contribution in [0.1, 0.15) is 18.3 Å². The predicted octanol–water partition coefficient (Wildman–Crippen LogP) is 1.42. The fourth-order valence-electron chi connectivity index (χ4n) is 2.36. The van der Waals surface area contributed by atoms with Gasteiger partial charge in [0.15, 0.2) is 17.4 Å². The molecule has 7 nitrogen and oxygen atoms in total. The van der Waals surface area contributed by atoms with E-state index in [1.165, 1.54) is 5.56 Å². The van der Waals surface area contributed by atoms with Gasteiger partial charge < -0.3 is 10.6 Å². The Hall–Kier alpha value is -2.96. The smallest absolute Gasteiger partial charge is 0.191 e. The Morgan fingerprint density at radius 3 is 2.96 bits per heavy atom. The Kier molecular flexibility index (Phi) is 5.34. The summed E-state index contributed by atoms with van der Waals surface area (Å²) in [7, 11) is 0. The van der Waals surface area contributed by atoms with E-state index in [4.69, 9.17) is 0 Å². The van der Waals surface area contributed by atoms with E-state index >= 15 is 0 Å². The Morgan fingerprint density at radius 2 is 2.12 bits per heavy atom. The van der Waals surface area contributed by atoms with Gasteiger partial charge in [-0.25, -0.2) is 4.99 Å². The fourth-order valence-corrected chi connectivity index (χ4v) is 2.36. The number of pyridine rings is 2.